The Morgan fingerprint density at radius 1 is 1.10 bits per heavy atom. The standard InChI is InChI=1S/C21H23Cl3N2O3/c1-3-10-25-21(28)14(2)26(12-15-6-4-5-7-17(15)23)20(27)13-29-19-9-8-16(22)11-18(19)24/h4-9,11,14H,3,10,12-13H2,1-2H3,(H,25,28). The molecule has 156 valence electrons. The van der Waals surface area contributed by atoms with Crippen LogP contribution in [-0.2, 0) is 16.1 Å². The normalized spacial score (nSPS) is 11.6. The van der Waals surface area contributed by atoms with Gasteiger partial charge in [-0.2, -0.15) is 0 Å². The molecule has 0 spiro atoms. The van der Waals surface area contributed by atoms with Gasteiger partial charge in [0.05, 0.1) is 5.02 Å². The van der Waals surface area contributed by atoms with Gasteiger partial charge in [0.2, 0.25) is 5.91 Å². The van der Waals surface area contributed by atoms with E-state index in [4.69, 9.17) is 39.5 Å². The van der Waals surface area contributed by atoms with E-state index in [0.717, 1.165) is 12.0 Å². The zero-order chi connectivity index (χ0) is 21.4. The zero-order valence-electron chi connectivity index (χ0n) is 16.3. The number of nitrogens with one attached hydrogen (secondary N) is 1. The molecule has 2 rings (SSSR count). The predicted octanol–water partition coefficient (Wildman–Crippen LogP) is 4.97. The largest absolute Gasteiger partial charge is 0.482 e. The summed E-state index contributed by atoms with van der Waals surface area (Å²) in [5.41, 5.74) is 0.738. The van der Waals surface area contributed by atoms with E-state index in [9.17, 15) is 9.59 Å². The van der Waals surface area contributed by atoms with Gasteiger partial charge in [-0.1, -0.05) is 59.9 Å². The SMILES string of the molecule is CCCNC(=O)C(C)N(Cc1ccccc1Cl)C(=O)COc1ccc(Cl)cc1Cl. The lowest BCUT2D eigenvalue weighted by atomic mass is 10.1. The highest BCUT2D eigenvalue weighted by atomic mass is 35.5. The van der Waals surface area contributed by atoms with Crippen molar-refractivity contribution in [1.82, 2.24) is 10.2 Å². The fraction of sp³-hybridized carbons (Fsp3) is 0.333. The lowest BCUT2D eigenvalue weighted by Gasteiger charge is -2.29. The maximum atomic E-state index is 12.9. The maximum Gasteiger partial charge on any atom is 0.261 e. The third kappa shape index (κ3) is 6.81. The van der Waals surface area contributed by atoms with E-state index in [1.165, 1.54) is 11.0 Å². The average Bonchev–Trinajstić information content (AvgIpc) is 2.70. The molecule has 0 bridgehead atoms. The number of halogens is 3. The van der Waals surface area contributed by atoms with E-state index in [1.54, 1.807) is 31.2 Å². The van der Waals surface area contributed by atoms with Crippen molar-refractivity contribution in [3.63, 3.8) is 0 Å². The molecule has 0 radical (unpaired) electrons. The van der Waals surface area contributed by atoms with Crippen molar-refractivity contribution < 1.29 is 14.3 Å². The summed E-state index contributed by atoms with van der Waals surface area (Å²) >= 11 is 18.2. The van der Waals surface area contributed by atoms with Crippen molar-refractivity contribution in [1.29, 1.82) is 0 Å². The number of carbonyl (C=O) groups is 2. The average molecular weight is 458 g/mol. The van der Waals surface area contributed by atoms with Crippen LogP contribution in [0.15, 0.2) is 42.5 Å². The Morgan fingerprint density at radius 3 is 2.48 bits per heavy atom. The Labute approximate surface area is 185 Å². The van der Waals surface area contributed by atoms with Gasteiger partial charge in [0.15, 0.2) is 6.61 Å². The quantitative estimate of drug-likeness (QED) is 0.578. The lowest BCUT2D eigenvalue weighted by Crippen LogP contribution is -2.49. The molecule has 0 fully saturated rings. The number of hydrogen-bond acceptors (Lipinski definition) is 3. The van der Waals surface area contributed by atoms with Gasteiger partial charge in [0.25, 0.3) is 5.91 Å². The van der Waals surface area contributed by atoms with Crippen LogP contribution in [0.25, 0.3) is 0 Å². The highest BCUT2D eigenvalue weighted by molar-refractivity contribution is 6.35. The number of amides is 2. The highest BCUT2D eigenvalue weighted by Crippen LogP contribution is 2.27. The summed E-state index contributed by atoms with van der Waals surface area (Å²) < 4.78 is 5.57. The molecule has 0 aromatic heterocycles. The first kappa shape index (κ1) is 23.3. The maximum absolute atomic E-state index is 12.9. The first-order chi connectivity index (χ1) is 13.8. The molecule has 8 heteroatoms. The second kappa shape index (κ2) is 11.3. The molecule has 0 saturated carbocycles. The molecule has 0 aliphatic carbocycles. The number of carbonyl (C=O) groups excluding carboxylic acids is 2. The Balaban J connectivity index is 2.17. The van der Waals surface area contributed by atoms with Gasteiger partial charge >= 0.3 is 0 Å². The van der Waals surface area contributed by atoms with Crippen molar-refractivity contribution in [3.05, 3.63) is 63.1 Å². The molecule has 0 aliphatic rings. The number of nitrogens with zero attached hydrogens (tertiary/aromatic N) is 1. The topological polar surface area (TPSA) is 58.6 Å². The molecular formula is C21H23Cl3N2O3. The summed E-state index contributed by atoms with van der Waals surface area (Å²) in [6.45, 7) is 4.07. The summed E-state index contributed by atoms with van der Waals surface area (Å²) in [6, 6.07) is 11.2. The van der Waals surface area contributed by atoms with Gasteiger partial charge in [-0.3, -0.25) is 9.59 Å². The van der Waals surface area contributed by atoms with Gasteiger partial charge in [-0.05, 0) is 43.2 Å². The van der Waals surface area contributed by atoms with Crippen LogP contribution in [0.2, 0.25) is 15.1 Å². The van der Waals surface area contributed by atoms with Crippen molar-refractivity contribution in [2.45, 2.75) is 32.9 Å². The molecule has 5 nitrogen and oxygen atoms in total. The summed E-state index contributed by atoms with van der Waals surface area (Å²) in [5.74, 6) is -0.267. The number of ether oxygens (including phenoxy) is 1. The molecule has 2 amide bonds. The second-order valence-corrected chi connectivity index (χ2v) is 7.69. The molecule has 2 aromatic rings. The van der Waals surface area contributed by atoms with E-state index in [2.05, 4.69) is 5.32 Å². The molecule has 0 heterocycles. The van der Waals surface area contributed by atoms with Crippen molar-refractivity contribution in [3.8, 4) is 5.75 Å². The van der Waals surface area contributed by atoms with Crippen LogP contribution >= 0.6 is 34.8 Å². The first-order valence-corrected chi connectivity index (χ1v) is 10.3. The van der Waals surface area contributed by atoms with Crippen molar-refractivity contribution in [2.75, 3.05) is 13.2 Å². The van der Waals surface area contributed by atoms with Gasteiger partial charge in [0.1, 0.15) is 11.8 Å². The first-order valence-electron chi connectivity index (χ1n) is 9.22. The summed E-state index contributed by atoms with van der Waals surface area (Å²) in [7, 11) is 0. The van der Waals surface area contributed by atoms with Gasteiger partial charge in [-0.25, -0.2) is 0 Å². The molecule has 0 saturated heterocycles. The Morgan fingerprint density at radius 2 is 1.83 bits per heavy atom. The minimum atomic E-state index is -0.699. The summed E-state index contributed by atoms with van der Waals surface area (Å²) in [6.07, 6.45) is 0.801. The predicted molar refractivity (Wildman–Crippen MR) is 117 cm³/mol. The number of benzene rings is 2. The highest BCUT2D eigenvalue weighted by Gasteiger charge is 2.27. The van der Waals surface area contributed by atoms with E-state index < -0.39 is 6.04 Å². The zero-order valence-corrected chi connectivity index (χ0v) is 18.5. The van der Waals surface area contributed by atoms with Gasteiger partial charge in [-0.15, -0.1) is 0 Å². The minimum absolute atomic E-state index is 0.178. The van der Waals surface area contributed by atoms with Crippen LogP contribution in [0, 0.1) is 0 Å². The van der Waals surface area contributed by atoms with E-state index in [0.29, 0.717) is 27.4 Å². The molecule has 2 aromatic carbocycles. The van der Waals surface area contributed by atoms with Gasteiger partial charge in [0, 0.05) is 23.1 Å². The van der Waals surface area contributed by atoms with Crippen LogP contribution in [-0.4, -0.2) is 35.9 Å². The Kier molecular flexibility index (Phi) is 9.08. The summed E-state index contributed by atoms with van der Waals surface area (Å²) in [5, 5.41) is 4.11. The molecule has 29 heavy (non-hydrogen) atoms. The lowest BCUT2D eigenvalue weighted by molar-refractivity contribution is -0.142. The fourth-order valence-electron chi connectivity index (χ4n) is 2.60. The van der Waals surface area contributed by atoms with Crippen LogP contribution in [0.5, 0.6) is 5.75 Å². The van der Waals surface area contributed by atoms with E-state index in [1.807, 2.05) is 19.1 Å². The molecular weight excluding hydrogens is 435 g/mol. The van der Waals surface area contributed by atoms with Crippen molar-refractivity contribution in [2.24, 2.45) is 0 Å². The third-order valence-corrected chi connectivity index (χ3v) is 5.16. The van der Waals surface area contributed by atoms with E-state index in [-0.39, 0.29) is 25.0 Å². The Bertz CT molecular complexity index is 861. The number of rotatable bonds is 9. The smallest absolute Gasteiger partial charge is 0.261 e. The van der Waals surface area contributed by atoms with Crippen LogP contribution < -0.4 is 10.1 Å². The second-order valence-electron chi connectivity index (χ2n) is 6.44. The third-order valence-electron chi connectivity index (χ3n) is 4.26. The van der Waals surface area contributed by atoms with E-state index >= 15 is 0 Å². The minimum Gasteiger partial charge on any atom is -0.482 e. The number of hydrogen-bond donors (Lipinski definition) is 1. The molecule has 1 atom stereocenters. The van der Waals surface area contributed by atoms with Crippen LogP contribution in [0.4, 0.5) is 0 Å². The monoisotopic (exact) mass is 456 g/mol. The van der Waals surface area contributed by atoms with Crippen LogP contribution in [0.3, 0.4) is 0 Å². The molecule has 1 unspecified atom stereocenters. The molecule has 0 aliphatic heterocycles. The fourth-order valence-corrected chi connectivity index (χ4v) is 3.26. The summed E-state index contributed by atoms with van der Waals surface area (Å²) in [4.78, 5) is 26.9. The van der Waals surface area contributed by atoms with Crippen LogP contribution in [0.1, 0.15) is 25.8 Å². The van der Waals surface area contributed by atoms with Gasteiger partial charge < -0.3 is 15.0 Å². The van der Waals surface area contributed by atoms with Crippen molar-refractivity contribution >= 4 is 46.6 Å². The Hall–Kier alpha value is -1.95. The molecule has 1 N–H and O–H groups in total.